The van der Waals surface area contributed by atoms with Gasteiger partial charge in [0, 0.05) is 10.0 Å². The Hall–Kier alpha value is -4.60. The summed E-state index contributed by atoms with van der Waals surface area (Å²) in [5.41, 5.74) is 7.42. The minimum absolute atomic E-state index is 0.0563. The molecular formula is C36H27BrN2O5S. The van der Waals surface area contributed by atoms with Crippen molar-refractivity contribution in [2.24, 2.45) is 4.99 Å². The van der Waals surface area contributed by atoms with E-state index in [0.717, 1.165) is 51.0 Å². The van der Waals surface area contributed by atoms with Crippen LogP contribution in [0.5, 0.6) is 23.0 Å². The van der Waals surface area contributed by atoms with Crippen molar-refractivity contribution in [3.05, 3.63) is 142 Å². The third-order valence-electron chi connectivity index (χ3n) is 8.38. The number of halogens is 1. The Balaban J connectivity index is 1.17. The molecule has 2 aliphatic heterocycles. The molecule has 0 saturated heterocycles. The van der Waals surface area contributed by atoms with E-state index in [2.05, 4.69) is 52.3 Å². The first-order chi connectivity index (χ1) is 22.1. The number of hydrogen-bond acceptors (Lipinski definition) is 7. The fourth-order valence-corrected chi connectivity index (χ4v) is 7.47. The standard InChI is InChI=1S/C36H27BrN2O5S/c1-41-30-16-21(6-14-28(30)42-19-22-7-15-29-31(17-22)44-20-43-29)18-32-35(40)39-34(24-8-11-25(37)12-9-24)27-13-10-23-4-2-3-5-26(23)33(27)38-36(39)45-32/h2-9,11-12,14-18,34H,10,13,19-20H2,1H3/b32-18+/t34-/m0/s1. The molecule has 8 rings (SSSR count). The average molecular weight is 680 g/mol. The van der Waals surface area contributed by atoms with Gasteiger partial charge in [0.25, 0.3) is 5.56 Å². The number of ether oxygens (including phenoxy) is 4. The van der Waals surface area contributed by atoms with Gasteiger partial charge in [0.05, 0.1) is 23.4 Å². The van der Waals surface area contributed by atoms with Crippen LogP contribution < -0.4 is 33.8 Å². The molecule has 5 aromatic rings. The van der Waals surface area contributed by atoms with Crippen LogP contribution in [-0.2, 0) is 13.0 Å². The number of allylic oxidation sites excluding steroid dienone is 1. The molecule has 224 valence electrons. The first-order valence-electron chi connectivity index (χ1n) is 14.6. The maximum Gasteiger partial charge on any atom is 0.271 e. The molecule has 1 aliphatic carbocycles. The zero-order valence-electron chi connectivity index (χ0n) is 24.3. The van der Waals surface area contributed by atoms with Crippen molar-refractivity contribution in [3.63, 3.8) is 0 Å². The predicted octanol–water partition coefficient (Wildman–Crippen LogP) is 6.40. The zero-order chi connectivity index (χ0) is 30.5. The molecule has 0 fully saturated rings. The van der Waals surface area contributed by atoms with Crippen molar-refractivity contribution >= 4 is 39.0 Å². The maximum absolute atomic E-state index is 14.1. The molecule has 9 heteroatoms. The molecule has 3 aliphatic rings. The van der Waals surface area contributed by atoms with Crippen LogP contribution >= 0.6 is 27.3 Å². The lowest BCUT2D eigenvalue weighted by atomic mass is 9.83. The van der Waals surface area contributed by atoms with E-state index < -0.39 is 0 Å². The Labute approximate surface area is 271 Å². The number of fused-ring (bicyclic) bond motifs is 4. The normalized spacial score (nSPS) is 16.5. The van der Waals surface area contributed by atoms with Gasteiger partial charge in [-0.1, -0.05) is 75.8 Å². The fourth-order valence-electron chi connectivity index (χ4n) is 6.20. The van der Waals surface area contributed by atoms with Crippen molar-refractivity contribution in [2.75, 3.05) is 13.9 Å². The van der Waals surface area contributed by atoms with Crippen molar-refractivity contribution in [2.45, 2.75) is 25.5 Å². The van der Waals surface area contributed by atoms with Crippen LogP contribution in [0.1, 0.15) is 40.3 Å². The topological polar surface area (TPSA) is 71.3 Å². The quantitative estimate of drug-likeness (QED) is 0.208. The van der Waals surface area contributed by atoms with E-state index in [1.165, 1.54) is 22.5 Å². The second kappa shape index (κ2) is 11.4. The van der Waals surface area contributed by atoms with Crippen LogP contribution in [0.4, 0.5) is 0 Å². The fraction of sp³-hybridized carbons (Fsp3) is 0.167. The summed E-state index contributed by atoms with van der Waals surface area (Å²) in [4.78, 5) is 19.9. The minimum atomic E-state index is -0.221. The number of benzene rings is 4. The SMILES string of the molecule is COc1cc(/C=c2/sc3n(c2=O)[C@@H](c2ccc(Br)cc2)C2=C(N=3)c3ccccc3CC2)ccc1OCc1ccc2c(c1)OCO2. The van der Waals surface area contributed by atoms with Gasteiger partial charge in [0.2, 0.25) is 6.79 Å². The molecular weight excluding hydrogens is 652 g/mol. The summed E-state index contributed by atoms with van der Waals surface area (Å²) in [5.74, 6) is 2.64. The van der Waals surface area contributed by atoms with Crippen LogP contribution in [-0.4, -0.2) is 18.5 Å². The van der Waals surface area contributed by atoms with Gasteiger partial charge in [0.15, 0.2) is 27.8 Å². The Bertz CT molecular complexity index is 2180. The molecule has 7 nitrogen and oxygen atoms in total. The van der Waals surface area contributed by atoms with Crippen molar-refractivity contribution in [1.82, 2.24) is 4.57 Å². The Morgan fingerprint density at radius 3 is 2.69 bits per heavy atom. The van der Waals surface area contributed by atoms with E-state index in [4.69, 9.17) is 23.9 Å². The molecule has 0 N–H and O–H groups in total. The molecule has 45 heavy (non-hydrogen) atoms. The van der Waals surface area contributed by atoms with Crippen LogP contribution in [0.3, 0.4) is 0 Å². The van der Waals surface area contributed by atoms with Gasteiger partial charge < -0.3 is 18.9 Å². The number of nitrogens with zero attached hydrogens (tertiary/aromatic N) is 2. The monoisotopic (exact) mass is 678 g/mol. The van der Waals surface area contributed by atoms with Gasteiger partial charge in [-0.25, -0.2) is 4.99 Å². The van der Waals surface area contributed by atoms with Gasteiger partial charge in [0.1, 0.15) is 6.61 Å². The lowest BCUT2D eigenvalue weighted by Crippen LogP contribution is -2.38. The summed E-state index contributed by atoms with van der Waals surface area (Å²) < 4.78 is 26.1. The third kappa shape index (κ3) is 5.06. The second-order valence-corrected chi connectivity index (χ2v) is 13.0. The molecule has 0 bridgehead atoms. The van der Waals surface area contributed by atoms with Gasteiger partial charge in [-0.2, -0.15) is 0 Å². The van der Waals surface area contributed by atoms with E-state index in [9.17, 15) is 4.79 Å². The summed E-state index contributed by atoms with van der Waals surface area (Å²) in [6, 6.07) is 27.9. The molecule has 1 aromatic heterocycles. The van der Waals surface area contributed by atoms with Crippen molar-refractivity contribution in [3.8, 4) is 23.0 Å². The van der Waals surface area contributed by atoms with Crippen molar-refractivity contribution in [1.29, 1.82) is 0 Å². The van der Waals surface area contributed by atoms with Gasteiger partial charge in [-0.3, -0.25) is 9.36 Å². The predicted molar refractivity (Wildman–Crippen MR) is 177 cm³/mol. The number of hydrogen-bond donors (Lipinski definition) is 0. The molecule has 0 unspecified atom stereocenters. The first-order valence-corrected chi connectivity index (χ1v) is 16.2. The number of rotatable bonds is 6. The third-order valence-corrected chi connectivity index (χ3v) is 9.89. The zero-order valence-corrected chi connectivity index (χ0v) is 26.7. The van der Waals surface area contributed by atoms with E-state index in [1.54, 1.807) is 7.11 Å². The maximum atomic E-state index is 14.1. The summed E-state index contributed by atoms with van der Waals surface area (Å²) in [6.07, 6.45) is 3.68. The molecule has 1 atom stereocenters. The van der Waals surface area contributed by atoms with Gasteiger partial charge in [-0.05, 0) is 83.1 Å². The van der Waals surface area contributed by atoms with Crippen molar-refractivity contribution < 1.29 is 18.9 Å². The smallest absolute Gasteiger partial charge is 0.271 e. The molecule has 0 spiro atoms. The minimum Gasteiger partial charge on any atom is -0.493 e. The molecule has 0 amide bonds. The number of methoxy groups -OCH3 is 1. The second-order valence-electron chi connectivity index (χ2n) is 11.1. The average Bonchev–Trinajstić information content (AvgIpc) is 3.67. The lowest BCUT2D eigenvalue weighted by Gasteiger charge is -2.30. The highest BCUT2D eigenvalue weighted by molar-refractivity contribution is 9.10. The van der Waals surface area contributed by atoms with Crippen LogP contribution in [0.2, 0.25) is 0 Å². The molecule has 4 aromatic carbocycles. The Morgan fingerprint density at radius 2 is 1.82 bits per heavy atom. The summed E-state index contributed by atoms with van der Waals surface area (Å²) >= 11 is 4.98. The molecule has 0 saturated carbocycles. The molecule has 0 radical (unpaired) electrons. The van der Waals surface area contributed by atoms with Gasteiger partial charge >= 0.3 is 0 Å². The Kier molecular flexibility index (Phi) is 7.07. The first kappa shape index (κ1) is 27.9. The highest BCUT2D eigenvalue weighted by atomic mass is 79.9. The van der Waals surface area contributed by atoms with Crippen LogP contribution in [0, 0.1) is 0 Å². The summed E-state index contributed by atoms with van der Waals surface area (Å²) in [5, 5.41) is 0. The van der Waals surface area contributed by atoms with Gasteiger partial charge in [-0.15, -0.1) is 0 Å². The Morgan fingerprint density at radius 1 is 0.978 bits per heavy atom. The lowest BCUT2D eigenvalue weighted by molar-refractivity contribution is 0.174. The number of aromatic nitrogens is 1. The largest absolute Gasteiger partial charge is 0.493 e. The number of aryl methyl sites for hydroxylation is 1. The summed E-state index contributed by atoms with van der Waals surface area (Å²) in [7, 11) is 1.61. The number of thiazole rings is 1. The van der Waals surface area contributed by atoms with Crippen LogP contribution in [0.15, 0.2) is 105 Å². The highest BCUT2D eigenvalue weighted by Gasteiger charge is 2.32. The highest BCUT2D eigenvalue weighted by Crippen LogP contribution is 2.41. The van der Waals surface area contributed by atoms with E-state index in [1.807, 2.05) is 59.2 Å². The van der Waals surface area contributed by atoms with E-state index in [0.29, 0.717) is 33.2 Å². The summed E-state index contributed by atoms with van der Waals surface area (Å²) in [6.45, 7) is 0.572. The van der Waals surface area contributed by atoms with E-state index >= 15 is 0 Å². The van der Waals surface area contributed by atoms with E-state index in [-0.39, 0.29) is 18.4 Å². The van der Waals surface area contributed by atoms with Crippen LogP contribution in [0.25, 0.3) is 11.8 Å². The molecule has 3 heterocycles.